The van der Waals surface area contributed by atoms with Gasteiger partial charge in [0.1, 0.15) is 11.3 Å². The number of nitro benzene ring substituents is 1. The Balaban J connectivity index is 1.46. The summed E-state index contributed by atoms with van der Waals surface area (Å²) in [4.78, 5) is 17.4. The number of hydrogen-bond acceptors (Lipinski definition) is 5. The third-order valence-corrected chi connectivity index (χ3v) is 5.00. The maximum atomic E-state index is 13.1. The summed E-state index contributed by atoms with van der Waals surface area (Å²) in [5.41, 5.74) is 2.50. The molecule has 6 nitrogen and oxygen atoms in total. The van der Waals surface area contributed by atoms with E-state index in [-0.39, 0.29) is 16.4 Å². The first-order valence-corrected chi connectivity index (χ1v) is 8.88. The Bertz CT molecular complexity index is 977. The molecule has 1 aliphatic rings. The van der Waals surface area contributed by atoms with Gasteiger partial charge in [0.15, 0.2) is 0 Å². The number of hydrogen-bond donors (Lipinski definition) is 1. The van der Waals surface area contributed by atoms with Gasteiger partial charge < -0.3 is 10.2 Å². The Hall–Kier alpha value is -3.22. The van der Waals surface area contributed by atoms with Crippen molar-refractivity contribution in [2.24, 2.45) is 5.92 Å². The number of fused-ring (bicyclic) bond motifs is 1. The lowest BCUT2D eigenvalue weighted by atomic mass is 10.1. The first-order valence-electron chi connectivity index (χ1n) is 8.88. The Morgan fingerprint density at radius 2 is 2.04 bits per heavy atom. The van der Waals surface area contributed by atoms with Crippen molar-refractivity contribution in [3.05, 3.63) is 70.7 Å². The highest BCUT2D eigenvalue weighted by Gasteiger charge is 2.23. The highest BCUT2D eigenvalue weighted by atomic mass is 19.1. The van der Waals surface area contributed by atoms with E-state index in [9.17, 15) is 14.5 Å². The van der Waals surface area contributed by atoms with E-state index < -0.39 is 0 Å². The molecule has 1 unspecified atom stereocenters. The third-order valence-electron chi connectivity index (χ3n) is 5.00. The van der Waals surface area contributed by atoms with Crippen molar-refractivity contribution < 1.29 is 9.31 Å². The molecular formula is C20H19FN4O2. The molecule has 1 fully saturated rings. The van der Waals surface area contributed by atoms with Crippen LogP contribution in [0.2, 0.25) is 0 Å². The van der Waals surface area contributed by atoms with Gasteiger partial charge in [-0.05, 0) is 54.8 Å². The van der Waals surface area contributed by atoms with Gasteiger partial charge in [0.05, 0.1) is 16.0 Å². The van der Waals surface area contributed by atoms with Crippen molar-refractivity contribution in [3.63, 3.8) is 0 Å². The average Bonchev–Trinajstić information content (AvgIpc) is 3.15. The first-order chi connectivity index (χ1) is 13.1. The van der Waals surface area contributed by atoms with Gasteiger partial charge in [-0.2, -0.15) is 0 Å². The summed E-state index contributed by atoms with van der Waals surface area (Å²) in [6, 6.07) is 13.2. The van der Waals surface area contributed by atoms with E-state index in [4.69, 9.17) is 0 Å². The van der Waals surface area contributed by atoms with Crippen molar-refractivity contribution in [3.8, 4) is 0 Å². The minimum atomic E-state index is -0.384. The van der Waals surface area contributed by atoms with E-state index in [0.717, 1.165) is 37.4 Å². The number of pyridine rings is 1. The molecule has 138 valence electrons. The number of aromatic nitrogens is 1. The number of non-ortho nitro benzene ring substituents is 1. The second kappa shape index (κ2) is 7.19. The molecule has 27 heavy (non-hydrogen) atoms. The topological polar surface area (TPSA) is 71.3 Å². The van der Waals surface area contributed by atoms with Crippen LogP contribution in [0.3, 0.4) is 0 Å². The standard InChI is InChI=1S/C20H19FN4O2/c21-15-3-5-16(6-4-15)24-11-9-14(13-24)12-23-18-7-8-19(25(26)27)17-2-1-10-22-20(17)18/h1-8,10,14,23H,9,11-13H2. The van der Waals surface area contributed by atoms with E-state index in [2.05, 4.69) is 15.2 Å². The predicted molar refractivity (Wildman–Crippen MR) is 104 cm³/mol. The van der Waals surface area contributed by atoms with Crippen LogP contribution in [-0.2, 0) is 0 Å². The summed E-state index contributed by atoms with van der Waals surface area (Å²) >= 11 is 0. The molecule has 4 rings (SSSR count). The molecule has 0 aliphatic carbocycles. The van der Waals surface area contributed by atoms with Crippen LogP contribution in [0.5, 0.6) is 0 Å². The third kappa shape index (κ3) is 3.53. The van der Waals surface area contributed by atoms with Gasteiger partial charge >= 0.3 is 0 Å². The molecule has 1 aromatic heterocycles. The largest absolute Gasteiger partial charge is 0.383 e. The lowest BCUT2D eigenvalue weighted by Gasteiger charge is -2.19. The number of halogens is 1. The lowest BCUT2D eigenvalue weighted by Crippen LogP contribution is -2.22. The normalized spacial score (nSPS) is 16.6. The van der Waals surface area contributed by atoms with Gasteiger partial charge in [-0.15, -0.1) is 0 Å². The number of benzene rings is 2. The molecule has 0 bridgehead atoms. The van der Waals surface area contributed by atoms with Gasteiger partial charge in [0, 0.05) is 37.6 Å². The summed E-state index contributed by atoms with van der Waals surface area (Å²) in [5, 5.41) is 15.2. The van der Waals surface area contributed by atoms with Crippen LogP contribution in [0, 0.1) is 21.8 Å². The Morgan fingerprint density at radius 1 is 1.22 bits per heavy atom. The molecule has 3 aromatic rings. The molecule has 1 aliphatic heterocycles. The zero-order chi connectivity index (χ0) is 18.8. The number of anilines is 2. The maximum Gasteiger partial charge on any atom is 0.278 e. The van der Waals surface area contributed by atoms with Crippen LogP contribution in [0.15, 0.2) is 54.7 Å². The number of rotatable bonds is 5. The Morgan fingerprint density at radius 3 is 2.81 bits per heavy atom. The highest BCUT2D eigenvalue weighted by molar-refractivity contribution is 5.96. The van der Waals surface area contributed by atoms with Crippen molar-refractivity contribution in [2.75, 3.05) is 29.9 Å². The Labute approximate surface area is 155 Å². The van der Waals surface area contributed by atoms with E-state index in [1.165, 1.54) is 18.2 Å². The molecular weight excluding hydrogens is 347 g/mol. The molecule has 0 spiro atoms. The van der Waals surface area contributed by atoms with E-state index in [1.807, 2.05) is 0 Å². The Kier molecular flexibility index (Phi) is 4.58. The van der Waals surface area contributed by atoms with Crippen LogP contribution >= 0.6 is 0 Å². The van der Waals surface area contributed by atoms with Crippen molar-refractivity contribution in [2.45, 2.75) is 6.42 Å². The SMILES string of the molecule is O=[N+]([O-])c1ccc(NCC2CCN(c3ccc(F)cc3)C2)c2ncccc12. The van der Waals surface area contributed by atoms with Crippen molar-refractivity contribution in [1.29, 1.82) is 0 Å². The summed E-state index contributed by atoms with van der Waals surface area (Å²) < 4.78 is 13.1. The van der Waals surface area contributed by atoms with Gasteiger partial charge in [-0.3, -0.25) is 15.1 Å². The predicted octanol–water partition coefficient (Wildman–Crippen LogP) is 4.22. The fraction of sp³-hybridized carbons (Fsp3) is 0.250. The average molecular weight is 366 g/mol. The smallest absolute Gasteiger partial charge is 0.278 e. The molecule has 1 saturated heterocycles. The number of nitrogens with one attached hydrogen (secondary N) is 1. The quantitative estimate of drug-likeness (QED) is 0.541. The van der Waals surface area contributed by atoms with E-state index in [0.29, 0.717) is 16.8 Å². The molecule has 7 heteroatoms. The monoisotopic (exact) mass is 366 g/mol. The lowest BCUT2D eigenvalue weighted by molar-refractivity contribution is -0.383. The van der Waals surface area contributed by atoms with Crippen LogP contribution < -0.4 is 10.2 Å². The molecule has 0 radical (unpaired) electrons. The van der Waals surface area contributed by atoms with Crippen LogP contribution in [0.25, 0.3) is 10.9 Å². The molecule has 2 aromatic carbocycles. The fourth-order valence-electron chi connectivity index (χ4n) is 3.60. The van der Waals surface area contributed by atoms with E-state index in [1.54, 1.807) is 36.5 Å². The highest BCUT2D eigenvalue weighted by Crippen LogP contribution is 2.30. The second-order valence-corrected chi connectivity index (χ2v) is 6.75. The molecule has 0 amide bonds. The van der Waals surface area contributed by atoms with Crippen molar-refractivity contribution >= 4 is 28.0 Å². The molecule has 1 atom stereocenters. The molecule has 2 heterocycles. The van der Waals surface area contributed by atoms with Gasteiger partial charge in [0.2, 0.25) is 0 Å². The van der Waals surface area contributed by atoms with Gasteiger partial charge in [-0.1, -0.05) is 0 Å². The second-order valence-electron chi connectivity index (χ2n) is 6.75. The summed E-state index contributed by atoms with van der Waals surface area (Å²) in [5.74, 6) is 0.206. The minimum absolute atomic E-state index is 0.0620. The maximum absolute atomic E-state index is 13.1. The van der Waals surface area contributed by atoms with Gasteiger partial charge in [0.25, 0.3) is 5.69 Å². The van der Waals surface area contributed by atoms with Crippen LogP contribution in [-0.4, -0.2) is 29.5 Å². The summed E-state index contributed by atoms with van der Waals surface area (Å²) in [6.45, 7) is 2.56. The zero-order valence-electron chi connectivity index (χ0n) is 14.6. The first kappa shape index (κ1) is 17.2. The van der Waals surface area contributed by atoms with Crippen LogP contribution in [0.1, 0.15) is 6.42 Å². The number of nitro groups is 1. The van der Waals surface area contributed by atoms with Crippen LogP contribution in [0.4, 0.5) is 21.5 Å². The zero-order valence-corrected chi connectivity index (χ0v) is 14.6. The molecule has 1 N–H and O–H groups in total. The van der Waals surface area contributed by atoms with E-state index >= 15 is 0 Å². The molecule has 0 saturated carbocycles. The minimum Gasteiger partial charge on any atom is -0.383 e. The number of nitrogens with zero attached hydrogens (tertiary/aromatic N) is 3. The summed E-state index contributed by atoms with van der Waals surface area (Å²) in [6.07, 6.45) is 2.67. The van der Waals surface area contributed by atoms with Crippen molar-refractivity contribution in [1.82, 2.24) is 4.98 Å². The fourth-order valence-corrected chi connectivity index (χ4v) is 3.60. The summed E-state index contributed by atoms with van der Waals surface area (Å²) in [7, 11) is 0. The van der Waals surface area contributed by atoms with Gasteiger partial charge in [-0.25, -0.2) is 4.39 Å².